The van der Waals surface area contributed by atoms with E-state index in [1.54, 1.807) is 10.9 Å². The van der Waals surface area contributed by atoms with Crippen molar-refractivity contribution < 1.29 is 24.3 Å². The number of nitrogens with zero attached hydrogens (tertiary/aromatic N) is 4. The second kappa shape index (κ2) is 20.5. The van der Waals surface area contributed by atoms with Crippen LogP contribution in [-0.2, 0) is 36.2 Å². The van der Waals surface area contributed by atoms with Gasteiger partial charge in [-0.25, -0.2) is 14.8 Å². The van der Waals surface area contributed by atoms with Gasteiger partial charge in [0.15, 0.2) is 10.8 Å². The largest absolute Gasteiger partial charge is 0.477 e. The number of hydrogen-bond acceptors (Lipinski definition) is 12. The monoisotopic (exact) mass is 1020 g/mol. The third-order valence-corrected chi connectivity index (χ3v) is 16.7. The zero-order chi connectivity index (χ0) is 48.1. The molecule has 0 radical (unpaired) electrons. The molecular weight excluding hydrogens is 976 g/mol. The number of hydrogen-bond donors (Lipinski definition) is 3. The van der Waals surface area contributed by atoms with Gasteiger partial charge in [-0.15, -0.1) is 46.0 Å². The minimum atomic E-state index is -1.37. The van der Waals surface area contributed by atoms with Crippen molar-refractivity contribution in [3.8, 4) is 0 Å². The average Bonchev–Trinajstić information content (AvgIpc) is 4.09. The van der Waals surface area contributed by atoms with Gasteiger partial charge in [-0.3, -0.25) is 14.5 Å². The summed E-state index contributed by atoms with van der Waals surface area (Å²) in [6, 6.07) is 58.2. The highest BCUT2D eigenvalue weighted by atomic mass is 35.5. The fourth-order valence-corrected chi connectivity index (χ4v) is 13.5. The Balaban J connectivity index is 1.07. The topological polar surface area (TPSA) is 146 Å². The third kappa shape index (κ3) is 8.79. The summed E-state index contributed by atoms with van der Waals surface area (Å²) in [4.78, 5) is 60.2. The fraction of sp³-hybridized carbons (Fsp3) is 0.111. The normalized spacial score (nSPS) is 16.0. The smallest absolute Gasteiger partial charge is 0.353 e. The molecule has 0 bridgehead atoms. The number of fused-ring (bicyclic) bond motifs is 1. The maximum Gasteiger partial charge on any atom is 0.353 e. The molecule has 2 amide bonds. The van der Waals surface area contributed by atoms with Gasteiger partial charge < -0.3 is 20.6 Å². The highest BCUT2D eigenvalue weighted by Gasteiger charge is 2.55. The number of alkyl halides is 1. The molecule has 1 saturated heterocycles. The van der Waals surface area contributed by atoms with Crippen LogP contribution in [0.15, 0.2) is 213 Å². The van der Waals surface area contributed by atoms with Crippen LogP contribution in [0.4, 0.5) is 5.13 Å². The van der Waals surface area contributed by atoms with Crippen LogP contribution in [0.5, 0.6) is 0 Å². The molecule has 2 aliphatic heterocycles. The molecule has 1 fully saturated rings. The lowest BCUT2D eigenvalue weighted by molar-refractivity contribution is -0.150. The first kappa shape index (κ1) is 46.7. The van der Waals surface area contributed by atoms with E-state index in [9.17, 15) is 14.7 Å². The molecule has 8 aromatic rings. The van der Waals surface area contributed by atoms with Crippen LogP contribution in [-0.4, -0.2) is 60.6 Å². The number of carbonyl (C=O) groups is 3. The van der Waals surface area contributed by atoms with Crippen molar-refractivity contribution in [2.24, 2.45) is 5.16 Å². The van der Waals surface area contributed by atoms with Gasteiger partial charge in [0.2, 0.25) is 5.60 Å². The van der Waals surface area contributed by atoms with E-state index in [2.05, 4.69) is 52.0 Å². The Morgan fingerprint density at radius 1 is 0.743 bits per heavy atom. The zero-order valence-corrected chi connectivity index (χ0v) is 40.9. The van der Waals surface area contributed by atoms with Crippen molar-refractivity contribution in [2.75, 3.05) is 11.1 Å². The number of carboxylic acids is 1. The SMILES string of the molecule is O=C(O)C1=C(Sc2scnc2CCl)CS[C@@H]2[C@H](NC(=O)/C(=N\OC(c3ccccc3)(c3ccccc3)c3ccccc3)c3csc(NC(c4ccccc4)(c4ccccc4)c4ccccc4)n3)C(=O)N12. The lowest BCUT2D eigenvalue weighted by Crippen LogP contribution is -2.71. The van der Waals surface area contributed by atoms with Crippen LogP contribution in [0.3, 0.4) is 0 Å². The zero-order valence-electron chi connectivity index (χ0n) is 36.9. The van der Waals surface area contributed by atoms with E-state index >= 15 is 4.79 Å². The number of carboxylic acid groups (broad SMARTS) is 1. The van der Waals surface area contributed by atoms with Crippen molar-refractivity contribution in [3.63, 3.8) is 0 Å². The number of β-lactam (4-membered cyclic amide) rings is 1. The van der Waals surface area contributed by atoms with Crippen molar-refractivity contribution in [1.29, 1.82) is 0 Å². The lowest BCUT2D eigenvalue weighted by Gasteiger charge is -2.49. The van der Waals surface area contributed by atoms with E-state index in [-0.39, 0.29) is 28.7 Å². The molecule has 348 valence electrons. The molecule has 10 rings (SSSR count). The first-order valence-corrected chi connectivity index (χ1v) is 26.2. The summed E-state index contributed by atoms with van der Waals surface area (Å²) in [5.74, 6) is -2.13. The fourth-order valence-electron chi connectivity index (χ4n) is 8.80. The van der Waals surface area contributed by atoms with Gasteiger partial charge in [-0.1, -0.05) is 199 Å². The van der Waals surface area contributed by atoms with Crippen molar-refractivity contribution in [3.05, 3.63) is 248 Å². The summed E-state index contributed by atoms with van der Waals surface area (Å²) < 4.78 is 0.754. The Morgan fingerprint density at radius 2 is 1.23 bits per heavy atom. The van der Waals surface area contributed by atoms with Gasteiger partial charge in [0.1, 0.15) is 28.3 Å². The van der Waals surface area contributed by atoms with E-state index in [0.29, 0.717) is 15.7 Å². The predicted octanol–water partition coefficient (Wildman–Crippen LogP) is 10.9. The van der Waals surface area contributed by atoms with Crippen molar-refractivity contribution in [1.82, 2.24) is 20.2 Å². The lowest BCUT2D eigenvalue weighted by atomic mass is 9.77. The van der Waals surface area contributed by atoms with Crippen LogP contribution in [0.25, 0.3) is 0 Å². The summed E-state index contributed by atoms with van der Waals surface area (Å²) in [5, 5.41) is 23.5. The molecular formula is C54H41ClN6O5S4. The first-order chi connectivity index (χ1) is 34.3. The Morgan fingerprint density at radius 3 is 1.70 bits per heavy atom. The van der Waals surface area contributed by atoms with Crippen LogP contribution >= 0.6 is 57.8 Å². The van der Waals surface area contributed by atoms with Crippen molar-refractivity contribution >= 4 is 86.4 Å². The van der Waals surface area contributed by atoms with Crippen LogP contribution in [0.1, 0.15) is 44.8 Å². The molecule has 0 aliphatic carbocycles. The number of aliphatic carboxylic acids is 1. The van der Waals surface area contributed by atoms with Gasteiger partial charge in [-0.2, -0.15) is 0 Å². The summed E-state index contributed by atoms with van der Waals surface area (Å²) in [7, 11) is 0. The number of oxime groups is 1. The number of benzene rings is 6. The number of rotatable bonds is 17. The van der Waals surface area contributed by atoms with Crippen LogP contribution < -0.4 is 10.6 Å². The minimum Gasteiger partial charge on any atom is -0.477 e. The molecule has 16 heteroatoms. The highest BCUT2D eigenvalue weighted by Crippen LogP contribution is 2.47. The maximum atomic E-state index is 15.1. The third-order valence-electron chi connectivity index (χ3n) is 12.1. The standard InChI is InChI=1S/C54H41ClN6O5S4/c55-31-41-51(69-34-56-41)70-43-33-67-49-45(48(63)61(49)46(43)50(64)65)58-47(62)44(60-66-54(38-25-13-4-14-26-38,39-27-15-5-16-28-39)40-29-17-6-18-30-40)42-32-68-52(57-42)59-53(35-19-7-1-8-20-35,36-21-9-2-10-22-36)37-23-11-3-12-24-37/h1-30,32,34,45,49H,31,33H2,(H,57,59)(H,58,62)(H,64,65)/b60-44-/t45-,49-/m1/s1. The van der Waals surface area contributed by atoms with Gasteiger partial charge in [-0.05, 0) is 16.7 Å². The van der Waals surface area contributed by atoms with E-state index in [1.165, 1.54) is 51.1 Å². The number of carbonyl (C=O) groups excluding carboxylic acids is 2. The molecule has 6 aromatic carbocycles. The van der Waals surface area contributed by atoms with Gasteiger partial charge in [0.05, 0.1) is 21.3 Å². The Labute approximate surface area is 425 Å². The molecule has 0 saturated carbocycles. The molecule has 0 unspecified atom stereocenters. The Bertz CT molecular complexity index is 3010. The Kier molecular flexibility index (Phi) is 13.7. The van der Waals surface area contributed by atoms with E-state index in [4.69, 9.17) is 26.6 Å². The van der Waals surface area contributed by atoms with E-state index < -0.39 is 40.3 Å². The van der Waals surface area contributed by atoms with Crippen molar-refractivity contribution in [2.45, 2.75) is 32.6 Å². The average molecular weight is 1020 g/mol. The molecule has 0 spiro atoms. The summed E-state index contributed by atoms with van der Waals surface area (Å²) in [5.41, 5.74) is 4.95. The summed E-state index contributed by atoms with van der Waals surface area (Å²) >= 11 is 11.4. The Hall–Kier alpha value is -7.01. The molecule has 70 heavy (non-hydrogen) atoms. The quantitative estimate of drug-likeness (QED) is 0.0265. The number of thioether (sulfide) groups is 2. The predicted molar refractivity (Wildman–Crippen MR) is 279 cm³/mol. The molecule has 2 atom stereocenters. The van der Waals surface area contributed by atoms with Crippen LogP contribution in [0.2, 0.25) is 0 Å². The first-order valence-electron chi connectivity index (χ1n) is 22.0. The minimum absolute atomic E-state index is 0.136. The highest BCUT2D eigenvalue weighted by molar-refractivity contribution is 8.07. The van der Waals surface area contributed by atoms with Gasteiger partial charge in [0, 0.05) is 32.7 Å². The second-order valence-electron chi connectivity index (χ2n) is 16.1. The van der Waals surface area contributed by atoms with Crippen LogP contribution in [0, 0.1) is 0 Å². The number of anilines is 1. The number of nitrogens with one attached hydrogen (secondary N) is 2. The van der Waals surface area contributed by atoms with E-state index in [0.717, 1.165) is 37.6 Å². The molecule has 3 N–H and O–H groups in total. The number of amides is 2. The second-order valence-corrected chi connectivity index (χ2v) is 20.5. The molecule has 2 aliphatic rings. The molecule has 11 nitrogen and oxygen atoms in total. The molecule has 4 heterocycles. The number of thiazole rings is 2. The van der Waals surface area contributed by atoms with E-state index in [1.807, 2.05) is 146 Å². The molecule has 2 aromatic heterocycles. The summed E-state index contributed by atoms with van der Waals surface area (Å²) in [6.07, 6.45) is 0. The van der Waals surface area contributed by atoms with Gasteiger partial charge in [0.25, 0.3) is 11.8 Å². The maximum absolute atomic E-state index is 15.1. The van der Waals surface area contributed by atoms with Gasteiger partial charge >= 0.3 is 5.97 Å². The number of aromatic nitrogens is 2. The number of halogens is 1. The summed E-state index contributed by atoms with van der Waals surface area (Å²) in [6.45, 7) is 0.